The van der Waals surface area contributed by atoms with E-state index in [-0.39, 0.29) is 11.4 Å². The van der Waals surface area contributed by atoms with Crippen LogP contribution in [0.25, 0.3) is 4.96 Å². The summed E-state index contributed by atoms with van der Waals surface area (Å²) in [5.41, 5.74) is -0.357. The zero-order chi connectivity index (χ0) is 15.9. The summed E-state index contributed by atoms with van der Waals surface area (Å²) in [4.78, 5) is 16.7. The van der Waals surface area contributed by atoms with Crippen molar-refractivity contribution in [2.45, 2.75) is 13.1 Å². The van der Waals surface area contributed by atoms with Crippen LogP contribution in [0.3, 0.4) is 0 Å². The lowest BCUT2D eigenvalue weighted by Gasteiger charge is -2.08. The molecule has 0 saturated heterocycles. The summed E-state index contributed by atoms with van der Waals surface area (Å²) in [6, 6.07) is 4.21. The number of nitrogens with zero attached hydrogens (tertiary/aromatic N) is 3. The van der Waals surface area contributed by atoms with Crippen molar-refractivity contribution >= 4 is 27.9 Å². The van der Waals surface area contributed by atoms with E-state index in [4.69, 9.17) is 0 Å². The van der Waals surface area contributed by atoms with Crippen LogP contribution in [0.5, 0.6) is 0 Å². The molecular weight excluding hydrogens is 317 g/mol. The number of aryl methyl sites for hydroxylation is 1. The van der Waals surface area contributed by atoms with Crippen LogP contribution in [0.1, 0.15) is 21.1 Å². The molecule has 0 spiro atoms. The number of imidazole rings is 1. The highest BCUT2D eigenvalue weighted by Gasteiger charge is 2.30. The number of halogens is 3. The van der Waals surface area contributed by atoms with Gasteiger partial charge < -0.3 is 5.32 Å². The van der Waals surface area contributed by atoms with Gasteiger partial charge in [-0.15, -0.1) is 0 Å². The van der Waals surface area contributed by atoms with Gasteiger partial charge in [-0.1, -0.05) is 11.3 Å². The summed E-state index contributed by atoms with van der Waals surface area (Å²) < 4.78 is 38.9. The number of hydrogen-bond donors (Lipinski definition) is 1. The number of hydrogen-bond acceptors (Lipinski definition) is 4. The quantitative estimate of drug-likeness (QED) is 0.785. The first-order valence-corrected chi connectivity index (χ1v) is 6.96. The Bertz CT molecular complexity index is 804. The lowest BCUT2D eigenvalue weighted by molar-refractivity contribution is -0.137. The van der Waals surface area contributed by atoms with Gasteiger partial charge in [0.15, 0.2) is 0 Å². The summed E-state index contributed by atoms with van der Waals surface area (Å²) >= 11 is 1.34. The number of carbonyl (C=O) groups excluding carboxylic acids is 1. The molecule has 0 unspecified atom stereocenters. The number of alkyl halides is 3. The summed E-state index contributed by atoms with van der Waals surface area (Å²) in [6.45, 7) is 1.82. The molecule has 0 atom stereocenters. The van der Waals surface area contributed by atoms with E-state index < -0.39 is 17.6 Å². The van der Waals surface area contributed by atoms with E-state index in [1.54, 1.807) is 0 Å². The molecule has 0 radical (unpaired) electrons. The van der Waals surface area contributed by atoms with Gasteiger partial charge in [-0.3, -0.25) is 4.79 Å². The van der Waals surface area contributed by atoms with Crippen LogP contribution >= 0.6 is 11.3 Å². The molecule has 0 aliphatic heterocycles. The van der Waals surface area contributed by atoms with Gasteiger partial charge in [0.1, 0.15) is 10.7 Å². The lowest BCUT2D eigenvalue weighted by Crippen LogP contribution is -2.12. The molecule has 114 valence electrons. The van der Waals surface area contributed by atoms with E-state index in [1.165, 1.54) is 34.2 Å². The van der Waals surface area contributed by atoms with Crippen molar-refractivity contribution in [1.82, 2.24) is 14.6 Å². The molecular formula is C13H9F3N4OS. The van der Waals surface area contributed by atoms with E-state index >= 15 is 0 Å². The maximum Gasteiger partial charge on any atom is 0.416 e. The van der Waals surface area contributed by atoms with Gasteiger partial charge in [0.2, 0.25) is 4.96 Å². The third-order valence-corrected chi connectivity index (χ3v) is 3.68. The fourth-order valence-electron chi connectivity index (χ4n) is 1.85. The molecule has 0 fully saturated rings. The van der Waals surface area contributed by atoms with Crippen LogP contribution in [-0.2, 0) is 6.18 Å². The molecule has 3 aromatic rings. The molecule has 1 amide bonds. The zero-order valence-corrected chi connectivity index (χ0v) is 12.0. The predicted molar refractivity (Wildman–Crippen MR) is 75.0 cm³/mol. The fraction of sp³-hybridized carbons (Fsp3) is 0.154. The molecule has 1 N–H and O–H groups in total. The minimum absolute atomic E-state index is 0.152. The Balaban J connectivity index is 1.77. The van der Waals surface area contributed by atoms with E-state index in [9.17, 15) is 18.0 Å². The maximum absolute atomic E-state index is 12.5. The van der Waals surface area contributed by atoms with Crippen molar-refractivity contribution in [3.8, 4) is 0 Å². The molecule has 3 rings (SSSR count). The molecule has 0 aliphatic rings. The van der Waals surface area contributed by atoms with Crippen molar-refractivity contribution in [3.05, 3.63) is 46.7 Å². The minimum Gasteiger partial charge on any atom is -0.321 e. The van der Waals surface area contributed by atoms with Gasteiger partial charge in [0, 0.05) is 5.69 Å². The first kappa shape index (κ1) is 14.5. The molecule has 2 aromatic heterocycles. The van der Waals surface area contributed by atoms with E-state index in [0.717, 1.165) is 17.1 Å². The first-order chi connectivity index (χ1) is 10.3. The molecule has 5 nitrogen and oxygen atoms in total. The van der Waals surface area contributed by atoms with Crippen LogP contribution in [0, 0.1) is 6.92 Å². The van der Waals surface area contributed by atoms with Gasteiger partial charge in [0.25, 0.3) is 5.91 Å². The largest absolute Gasteiger partial charge is 0.416 e. The predicted octanol–water partition coefficient (Wildman–Crippen LogP) is 3.37. The van der Waals surface area contributed by atoms with Crippen molar-refractivity contribution in [2.75, 3.05) is 5.32 Å². The second-order valence-electron chi connectivity index (χ2n) is 4.50. The number of nitrogens with one attached hydrogen (secondary N) is 1. The number of carbonyl (C=O) groups is 1. The van der Waals surface area contributed by atoms with Crippen LogP contribution in [0.15, 0.2) is 30.5 Å². The summed E-state index contributed by atoms with van der Waals surface area (Å²) in [7, 11) is 0. The van der Waals surface area contributed by atoms with Gasteiger partial charge in [-0.05, 0) is 31.2 Å². The normalized spacial score (nSPS) is 11.8. The highest BCUT2D eigenvalue weighted by Crippen LogP contribution is 2.29. The first-order valence-electron chi connectivity index (χ1n) is 6.14. The van der Waals surface area contributed by atoms with Crippen molar-refractivity contribution in [3.63, 3.8) is 0 Å². The van der Waals surface area contributed by atoms with E-state index in [2.05, 4.69) is 15.4 Å². The molecule has 1 aromatic carbocycles. The number of amides is 1. The second-order valence-corrected chi connectivity index (χ2v) is 5.66. The molecule has 0 aliphatic carbocycles. The highest BCUT2D eigenvalue weighted by atomic mass is 32.1. The third-order valence-electron chi connectivity index (χ3n) is 2.85. The Kier molecular flexibility index (Phi) is 3.36. The van der Waals surface area contributed by atoms with E-state index in [1.807, 2.05) is 6.92 Å². The number of aromatic nitrogens is 3. The Morgan fingerprint density at radius 3 is 2.55 bits per heavy atom. The van der Waals surface area contributed by atoms with Crippen molar-refractivity contribution in [2.24, 2.45) is 0 Å². The Morgan fingerprint density at radius 1 is 1.27 bits per heavy atom. The van der Waals surface area contributed by atoms with E-state index in [0.29, 0.717) is 4.96 Å². The maximum atomic E-state index is 12.5. The Labute approximate surface area is 126 Å². The lowest BCUT2D eigenvalue weighted by atomic mass is 10.2. The van der Waals surface area contributed by atoms with Crippen molar-refractivity contribution in [1.29, 1.82) is 0 Å². The number of rotatable bonds is 2. The topological polar surface area (TPSA) is 59.3 Å². The van der Waals surface area contributed by atoms with Gasteiger partial charge >= 0.3 is 6.18 Å². The summed E-state index contributed by atoms with van der Waals surface area (Å²) in [6.07, 6.45) is -2.93. The van der Waals surface area contributed by atoms with Gasteiger partial charge in [-0.25, -0.2) is 9.50 Å². The van der Waals surface area contributed by atoms with Gasteiger partial charge in [-0.2, -0.15) is 18.3 Å². The second kappa shape index (κ2) is 5.09. The average molecular weight is 326 g/mol. The van der Waals surface area contributed by atoms with Crippen LogP contribution in [-0.4, -0.2) is 20.5 Å². The summed E-state index contributed by atoms with van der Waals surface area (Å²) in [5, 5.41) is 7.44. The van der Waals surface area contributed by atoms with Crippen molar-refractivity contribution < 1.29 is 18.0 Å². The molecule has 0 saturated carbocycles. The molecule has 22 heavy (non-hydrogen) atoms. The van der Waals surface area contributed by atoms with Crippen LogP contribution in [0.2, 0.25) is 0 Å². The molecule has 2 heterocycles. The molecule has 0 bridgehead atoms. The molecule has 9 heteroatoms. The Hall–Kier alpha value is -2.42. The SMILES string of the molecule is Cc1nn2cc(C(=O)Nc3ccc(C(F)(F)F)cc3)nc2s1. The number of anilines is 1. The monoisotopic (exact) mass is 326 g/mol. The fourth-order valence-corrected chi connectivity index (χ4v) is 2.57. The highest BCUT2D eigenvalue weighted by molar-refractivity contribution is 7.16. The van der Waals surface area contributed by atoms with Crippen LogP contribution in [0.4, 0.5) is 18.9 Å². The van der Waals surface area contributed by atoms with Crippen LogP contribution < -0.4 is 5.32 Å². The average Bonchev–Trinajstić information content (AvgIpc) is 2.95. The Morgan fingerprint density at radius 2 is 1.95 bits per heavy atom. The minimum atomic E-state index is -4.40. The number of benzene rings is 1. The number of fused-ring (bicyclic) bond motifs is 1. The third kappa shape index (κ3) is 2.80. The zero-order valence-electron chi connectivity index (χ0n) is 11.2. The standard InChI is InChI=1S/C13H9F3N4OS/c1-7-19-20-6-10(18-12(20)22-7)11(21)17-9-4-2-8(3-5-9)13(14,15)16/h2-6H,1H3,(H,17,21). The van der Waals surface area contributed by atoms with Gasteiger partial charge in [0.05, 0.1) is 11.8 Å². The summed E-state index contributed by atoms with van der Waals surface area (Å²) in [5.74, 6) is -0.505. The smallest absolute Gasteiger partial charge is 0.321 e.